The number of hydrogen-bond acceptors (Lipinski definition) is 6. The number of rotatable bonds is 6. The number of piperidine rings is 2. The molecule has 1 aromatic heterocycles. The molecule has 2 unspecified atom stereocenters. The molecule has 0 radical (unpaired) electrons. The fraction of sp³-hybridized carbons (Fsp3) is 0.464. The number of nitrogens with one attached hydrogen (secondary N) is 2. The van der Waals surface area contributed by atoms with E-state index in [-0.39, 0.29) is 17.9 Å². The molecule has 2 N–H and O–H groups in total. The number of carbonyl (C=O) groups is 4. The third-order valence-electron chi connectivity index (χ3n) is 8.30. The lowest BCUT2D eigenvalue weighted by molar-refractivity contribution is -0.134. The van der Waals surface area contributed by atoms with Crippen molar-refractivity contribution in [2.75, 3.05) is 18.4 Å². The number of fused-ring (bicyclic) bond motifs is 1. The molecule has 198 valence electrons. The highest BCUT2D eigenvalue weighted by molar-refractivity contribution is 6.25. The summed E-state index contributed by atoms with van der Waals surface area (Å²) in [5.41, 5.74) is 2.70. The number of benzene rings is 1. The summed E-state index contributed by atoms with van der Waals surface area (Å²) in [5.74, 6) is -0.236. The molecule has 2 aromatic rings. The van der Waals surface area contributed by atoms with Crippen LogP contribution in [-0.2, 0) is 16.1 Å². The highest BCUT2D eigenvalue weighted by Gasteiger charge is 2.45. The highest BCUT2D eigenvalue weighted by Crippen LogP contribution is 2.40. The Morgan fingerprint density at radius 1 is 1.16 bits per heavy atom. The zero-order valence-corrected chi connectivity index (χ0v) is 21.5. The second kappa shape index (κ2) is 9.41. The SMILES string of the molecule is C=C1CCC(N2C(=O)c3cccc(NCc4cnn(C5CCN(C(=O)C6C[C@H]6C)CC5)c4)c3C2=O)C(=O)N1. The number of imide groups is 1. The van der Waals surface area contributed by atoms with Gasteiger partial charge in [0.25, 0.3) is 11.8 Å². The van der Waals surface area contributed by atoms with Crippen LogP contribution >= 0.6 is 0 Å². The van der Waals surface area contributed by atoms with Gasteiger partial charge in [-0.25, -0.2) is 0 Å². The topological polar surface area (TPSA) is 117 Å². The van der Waals surface area contributed by atoms with Crippen LogP contribution in [0.2, 0.25) is 0 Å². The normalized spacial score (nSPS) is 25.4. The lowest BCUT2D eigenvalue weighted by atomic mass is 10.0. The minimum Gasteiger partial charge on any atom is -0.380 e. The van der Waals surface area contributed by atoms with Crippen molar-refractivity contribution < 1.29 is 19.2 Å². The first-order chi connectivity index (χ1) is 18.3. The maximum Gasteiger partial charge on any atom is 0.264 e. The summed E-state index contributed by atoms with van der Waals surface area (Å²) in [6.45, 7) is 7.85. The fourth-order valence-electron chi connectivity index (χ4n) is 5.86. The van der Waals surface area contributed by atoms with Gasteiger partial charge in [0, 0.05) is 48.7 Å². The number of nitrogens with zero attached hydrogens (tertiary/aromatic N) is 4. The van der Waals surface area contributed by atoms with Crippen molar-refractivity contribution in [1.29, 1.82) is 0 Å². The molecule has 2 saturated heterocycles. The van der Waals surface area contributed by atoms with Crippen LogP contribution in [0.15, 0.2) is 42.9 Å². The van der Waals surface area contributed by atoms with E-state index in [4.69, 9.17) is 0 Å². The number of carbonyl (C=O) groups excluding carboxylic acids is 4. The van der Waals surface area contributed by atoms with Crippen molar-refractivity contribution in [3.8, 4) is 0 Å². The molecule has 3 atom stereocenters. The van der Waals surface area contributed by atoms with E-state index in [1.807, 2.05) is 15.8 Å². The Balaban J connectivity index is 1.10. The molecule has 6 rings (SSSR count). The predicted molar refractivity (Wildman–Crippen MR) is 139 cm³/mol. The van der Waals surface area contributed by atoms with Gasteiger partial charge in [0.2, 0.25) is 11.8 Å². The van der Waals surface area contributed by atoms with Crippen LogP contribution in [0, 0.1) is 11.8 Å². The van der Waals surface area contributed by atoms with Gasteiger partial charge in [-0.05, 0) is 50.2 Å². The first kappa shape index (κ1) is 24.4. The van der Waals surface area contributed by atoms with E-state index in [0.29, 0.717) is 53.7 Å². The summed E-state index contributed by atoms with van der Waals surface area (Å²) < 4.78 is 1.97. The Hall–Kier alpha value is -3.95. The molecular weight excluding hydrogens is 484 g/mol. The zero-order valence-electron chi connectivity index (χ0n) is 21.5. The summed E-state index contributed by atoms with van der Waals surface area (Å²) >= 11 is 0. The van der Waals surface area contributed by atoms with E-state index in [0.717, 1.165) is 42.8 Å². The molecule has 4 aliphatic rings. The van der Waals surface area contributed by atoms with Crippen molar-refractivity contribution >= 4 is 29.3 Å². The lowest BCUT2D eigenvalue weighted by Gasteiger charge is -2.32. The Bertz CT molecular complexity index is 1340. The molecule has 0 bridgehead atoms. The van der Waals surface area contributed by atoms with E-state index < -0.39 is 17.9 Å². The molecule has 4 heterocycles. The minimum absolute atomic E-state index is 0.224. The molecule has 1 aliphatic carbocycles. The van der Waals surface area contributed by atoms with Crippen LogP contribution in [0.3, 0.4) is 0 Å². The first-order valence-electron chi connectivity index (χ1n) is 13.4. The number of likely N-dealkylation sites (tertiary alicyclic amines) is 1. The summed E-state index contributed by atoms with van der Waals surface area (Å²) in [5, 5.41) is 10.5. The molecule has 1 saturated carbocycles. The van der Waals surface area contributed by atoms with E-state index in [9.17, 15) is 19.2 Å². The first-order valence-corrected chi connectivity index (χ1v) is 13.4. The van der Waals surface area contributed by atoms with Crippen molar-refractivity contribution in [3.05, 3.63) is 59.6 Å². The van der Waals surface area contributed by atoms with Gasteiger partial charge in [-0.15, -0.1) is 0 Å². The lowest BCUT2D eigenvalue weighted by Crippen LogP contribution is -2.51. The quantitative estimate of drug-likeness (QED) is 0.571. The number of amides is 4. The maximum absolute atomic E-state index is 13.3. The molecule has 3 fully saturated rings. The Kier molecular flexibility index (Phi) is 6.04. The largest absolute Gasteiger partial charge is 0.380 e. The van der Waals surface area contributed by atoms with Crippen molar-refractivity contribution in [1.82, 2.24) is 24.9 Å². The average Bonchev–Trinajstić information content (AvgIpc) is 3.35. The third-order valence-corrected chi connectivity index (χ3v) is 8.30. The molecule has 1 aromatic carbocycles. The predicted octanol–water partition coefficient (Wildman–Crippen LogP) is 2.70. The van der Waals surface area contributed by atoms with Gasteiger partial charge < -0.3 is 15.5 Å². The number of anilines is 1. The van der Waals surface area contributed by atoms with Gasteiger partial charge >= 0.3 is 0 Å². The Morgan fingerprint density at radius 3 is 2.63 bits per heavy atom. The van der Waals surface area contributed by atoms with Gasteiger partial charge in [0.15, 0.2) is 0 Å². The van der Waals surface area contributed by atoms with Crippen molar-refractivity contribution in [3.63, 3.8) is 0 Å². The van der Waals surface area contributed by atoms with Gasteiger partial charge in [0.05, 0.1) is 23.4 Å². The van der Waals surface area contributed by atoms with Crippen LogP contribution in [0.5, 0.6) is 0 Å². The average molecular weight is 517 g/mol. The van der Waals surface area contributed by atoms with E-state index >= 15 is 0 Å². The minimum atomic E-state index is -0.839. The summed E-state index contributed by atoms with van der Waals surface area (Å²) in [7, 11) is 0. The maximum atomic E-state index is 13.3. The van der Waals surface area contributed by atoms with Crippen LogP contribution < -0.4 is 10.6 Å². The summed E-state index contributed by atoms with van der Waals surface area (Å²) in [6.07, 6.45) is 7.46. The number of hydrogen-bond donors (Lipinski definition) is 2. The van der Waals surface area contributed by atoms with Gasteiger partial charge in [-0.3, -0.25) is 28.8 Å². The molecule has 4 amide bonds. The second-order valence-corrected chi connectivity index (χ2v) is 10.9. The zero-order chi connectivity index (χ0) is 26.6. The highest BCUT2D eigenvalue weighted by atomic mass is 16.2. The van der Waals surface area contributed by atoms with Crippen LogP contribution in [0.1, 0.15) is 71.3 Å². The van der Waals surface area contributed by atoms with Crippen molar-refractivity contribution in [2.45, 2.75) is 57.7 Å². The van der Waals surface area contributed by atoms with E-state index in [2.05, 4.69) is 29.2 Å². The fourth-order valence-corrected chi connectivity index (χ4v) is 5.86. The molecule has 0 spiro atoms. The second-order valence-electron chi connectivity index (χ2n) is 10.9. The standard InChI is InChI=1S/C28H32N6O4/c1-16-12-21(16)26(36)32-10-8-19(9-11-32)33-15-18(14-30-33)13-29-22-5-3-4-20-24(22)28(38)34(27(20)37)23-7-6-17(2)31-25(23)35/h3-5,14-16,19,21,23,29H,2,6-13H2,1H3,(H,31,35)/t16-,21?,23?/m1/s1. The van der Waals surface area contributed by atoms with Gasteiger partial charge in [-0.1, -0.05) is 19.6 Å². The molecule has 38 heavy (non-hydrogen) atoms. The number of allylic oxidation sites excluding steroid dienone is 1. The van der Waals surface area contributed by atoms with Crippen LogP contribution in [0.25, 0.3) is 0 Å². The van der Waals surface area contributed by atoms with E-state index in [1.165, 1.54) is 0 Å². The molecular formula is C28H32N6O4. The summed E-state index contributed by atoms with van der Waals surface area (Å²) in [4.78, 5) is 54.5. The Morgan fingerprint density at radius 2 is 1.92 bits per heavy atom. The van der Waals surface area contributed by atoms with Crippen LogP contribution in [0.4, 0.5) is 5.69 Å². The monoisotopic (exact) mass is 516 g/mol. The molecule has 10 nitrogen and oxygen atoms in total. The molecule has 10 heteroatoms. The smallest absolute Gasteiger partial charge is 0.264 e. The van der Waals surface area contributed by atoms with Gasteiger partial charge in [0.1, 0.15) is 6.04 Å². The van der Waals surface area contributed by atoms with Gasteiger partial charge in [-0.2, -0.15) is 5.10 Å². The third kappa shape index (κ3) is 4.27. The summed E-state index contributed by atoms with van der Waals surface area (Å²) in [6, 6.07) is 4.54. The number of aromatic nitrogens is 2. The Labute approximate surface area is 221 Å². The van der Waals surface area contributed by atoms with Crippen molar-refractivity contribution in [2.24, 2.45) is 11.8 Å². The van der Waals surface area contributed by atoms with E-state index in [1.54, 1.807) is 24.4 Å². The van der Waals surface area contributed by atoms with Crippen LogP contribution in [-0.4, -0.2) is 62.3 Å². The molecule has 3 aliphatic heterocycles.